The number of hydrazine groups is 1. The number of unbranched alkanes of at least 4 members (excludes halogenated alkanes) is 1. The van der Waals surface area contributed by atoms with Crippen LogP contribution in [0.15, 0.2) is 6.07 Å². The van der Waals surface area contributed by atoms with Gasteiger partial charge in [0.15, 0.2) is 5.69 Å². The van der Waals surface area contributed by atoms with Crippen LogP contribution in [0.2, 0.25) is 0 Å². The highest BCUT2D eigenvalue weighted by atomic mass is 19.4. The van der Waals surface area contributed by atoms with Crippen molar-refractivity contribution in [2.75, 3.05) is 30.5 Å². The van der Waals surface area contributed by atoms with E-state index in [0.717, 1.165) is 18.9 Å². The predicted octanol–water partition coefficient (Wildman–Crippen LogP) is 2.01. The van der Waals surface area contributed by atoms with Gasteiger partial charge in [0.1, 0.15) is 5.82 Å². The lowest BCUT2D eigenvalue weighted by atomic mass is 10.3. The van der Waals surface area contributed by atoms with Crippen LogP contribution >= 0.6 is 0 Å². The van der Waals surface area contributed by atoms with Crippen molar-refractivity contribution in [3.63, 3.8) is 0 Å². The molecule has 9 heteroatoms. The number of nitrogen functional groups attached to an aromatic ring is 1. The fourth-order valence-electron chi connectivity index (χ4n) is 1.35. The van der Waals surface area contributed by atoms with Gasteiger partial charge in [-0.25, -0.2) is 10.8 Å². The second-order valence-corrected chi connectivity index (χ2v) is 4.00. The predicted molar refractivity (Wildman–Crippen MR) is 69.1 cm³/mol. The standard InChI is InChI=1S/C11H18F3N5O/c1-2-3-5-20-6-4-16-9-7-8(11(12,13)14)17-10(18-9)19-15/h7H,2-6,15H2,1H3,(H2,16,17,18,19). The summed E-state index contributed by atoms with van der Waals surface area (Å²) in [6, 6.07) is 0.826. The molecule has 0 fully saturated rings. The average molecular weight is 293 g/mol. The molecule has 1 rings (SSSR count). The summed E-state index contributed by atoms with van der Waals surface area (Å²) < 4.78 is 43.1. The monoisotopic (exact) mass is 293 g/mol. The Kier molecular flexibility index (Phi) is 6.46. The summed E-state index contributed by atoms with van der Waals surface area (Å²) in [6.45, 7) is 3.41. The SMILES string of the molecule is CCCCOCCNc1cc(C(F)(F)F)nc(NN)n1. The highest BCUT2D eigenvalue weighted by Gasteiger charge is 2.33. The van der Waals surface area contributed by atoms with Crippen molar-refractivity contribution in [3.05, 3.63) is 11.8 Å². The number of nitrogens with one attached hydrogen (secondary N) is 2. The number of hydrogen-bond donors (Lipinski definition) is 3. The molecular weight excluding hydrogens is 275 g/mol. The van der Waals surface area contributed by atoms with Gasteiger partial charge in [-0.15, -0.1) is 0 Å². The van der Waals surface area contributed by atoms with Crippen LogP contribution in [0.4, 0.5) is 24.9 Å². The van der Waals surface area contributed by atoms with Crippen LogP contribution in [0.3, 0.4) is 0 Å². The molecule has 0 aliphatic heterocycles. The van der Waals surface area contributed by atoms with Gasteiger partial charge < -0.3 is 10.1 Å². The van der Waals surface area contributed by atoms with Crippen molar-refractivity contribution < 1.29 is 17.9 Å². The third kappa shape index (κ3) is 5.57. The Bertz CT molecular complexity index is 414. The van der Waals surface area contributed by atoms with E-state index in [4.69, 9.17) is 10.6 Å². The van der Waals surface area contributed by atoms with Gasteiger partial charge >= 0.3 is 6.18 Å². The van der Waals surface area contributed by atoms with E-state index >= 15 is 0 Å². The van der Waals surface area contributed by atoms with Crippen molar-refractivity contribution in [1.29, 1.82) is 0 Å². The number of anilines is 2. The average Bonchev–Trinajstić information content (AvgIpc) is 2.41. The molecule has 0 unspecified atom stereocenters. The van der Waals surface area contributed by atoms with Crippen LogP contribution in [-0.2, 0) is 10.9 Å². The van der Waals surface area contributed by atoms with Crippen molar-refractivity contribution in [3.8, 4) is 0 Å². The minimum atomic E-state index is -4.55. The van der Waals surface area contributed by atoms with E-state index in [-0.39, 0.29) is 11.8 Å². The summed E-state index contributed by atoms with van der Waals surface area (Å²) in [5.41, 5.74) is 0.944. The number of ether oxygens (including phenoxy) is 1. The Balaban J connectivity index is 2.56. The van der Waals surface area contributed by atoms with Gasteiger partial charge in [-0.2, -0.15) is 18.2 Å². The van der Waals surface area contributed by atoms with E-state index < -0.39 is 11.9 Å². The molecule has 0 aromatic carbocycles. The van der Waals surface area contributed by atoms with Crippen LogP contribution in [-0.4, -0.2) is 29.7 Å². The summed E-state index contributed by atoms with van der Waals surface area (Å²) >= 11 is 0. The molecule has 20 heavy (non-hydrogen) atoms. The number of nitrogens with two attached hydrogens (primary N) is 1. The lowest BCUT2D eigenvalue weighted by Gasteiger charge is -2.11. The maximum atomic E-state index is 12.6. The quantitative estimate of drug-likeness (QED) is 0.386. The molecule has 1 aromatic heterocycles. The first-order valence-electron chi connectivity index (χ1n) is 6.22. The fraction of sp³-hybridized carbons (Fsp3) is 0.636. The van der Waals surface area contributed by atoms with Crippen molar-refractivity contribution in [2.24, 2.45) is 5.84 Å². The lowest BCUT2D eigenvalue weighted by molar-refractivity contribution is -0.141. The van der Waals surface area contributed by atoms with E-state index in [1.165, 1.54) is 0 Å². The zero-order valence-corrected chi connectivity index (χ0v) is 11.1. The van der Waals surface area contributed by atoms with Crippen LogP contribution in [0.25, 0.3) is 0 Å². The van der Waals surface area contributed by atoms with Gasteiger partial charge in [-0.3, -0.25) is 5.43 Å². The Hall–Kier alpha value is -1.61. The van der Waals surface area contributed by atoms with Gasteiger partial charge in [0.05, 0.1) is 6.61 Å². The third-order valence-electron chi connectivity index (χ3n) is 2.34. The normalized spacial score (nSPS) is 11.4. The molecule has 0 aliphatic carbocycles. The van der Waals surface area contributed by atoms with Gasteiger partial charge in [0.2, 0.25) is 5.95 Å². The number of hydrogen-bond acceptors (Lipinski definition) is 6. The number of rotatable bonds is 8. The molecule has 1 heterocycles. The Labute approximate surface area is 114 Å². The Morgan fingerprint density at radius 2 is 2.05 bits per heavy atom. The van der Waals surface area contributed by atoms with E-state index in [9.17, 15) is 13.2 Å². The number of alkyl halides is 3. The Morgan fingerprint density at radius 1 is 1.30 bits per heavy atom. The van der Waals surface area contributed by atoms with E-state index in [2.05, 4.69) is 15.3 Å². The summed E-state index contributed by atoms with van der Waals surface area (Å²) in [5, 5.41) is 2.74. The van der Waals surface area contributed by atoms with Gasteiger partial charge in [0.25, 0.3) is 0 Å². The second-order valence-electron chi connectivity index (χ2n) is 4.00. The molecular formula is C11H18F3N5O. The topological polar surface area (TPSA) is 85.1 Å². The minimum absolute atomic E-state index is 0.0411. The van der Waals surface area contributed by atoms with Crippen LogP contribution in [0.1, 0.15) is 25.5 Å². The molecule has 0 aliphatic rings. The zero-order valence-electron chi connectivity index (χ0n) is 11.1. The highest BCUT2D eigenvalue weighted by molar-refractivity contribution is 5.42. The number of aromatic nitrogens is 2. The summed E-state index contributed by atoms with van der Waals surface area (Å²) in [7, 11) is 0. The molecule has 0 spiro atoms. The van der Waals surface area contributed by atoms with Crippen LogP contribution in [0.5, 0.6) is 0 Å². The molecule has 114 valence electrons. The van der Waals surface area contributed by atoms with Crippen molar-refractivity contribution in [1.82, 2.24) is 9.97 Å². The third-order valence-corrected chi connectivity index (χ3v) is 2.34. The first-order valence-corrected chi connectivity index (χ1v) is 6.22. The molecule has 6 nitrogen and oxygen atoms in total. The van der Waals surface area contributed by atoms with E-state index in [0.29, 0.717) is 19.8 Å². The van der Waals surface area contributed by atoms with Crippen molar-refractivity contribution in [2.45, 2.75) is 25.9 Å². The highest BCUT2D eigenvalue weighted by Crippen LogP contribution is 2.29. The largest absolute Gasteiger partial charge is 0.433 e. The number of halogens is 3. The number of nitrogens with zero attached hydrogens (tertiary/aromatic N) is 2. The maximum absolute atomic E-state index is 12.6. The lowest BCUT2D eigenvalue weighted by Crippen LogP contribution is -2.18. The van der Waals surface area contributed by atoms with Gasteiger partial charge in [0, 0.05) is 19.2 Å². The van der Waals surface area contributed by atoms with E-state index in [1.54, 1.807) is 0 Å². The first kappa shape index (κ1) is 16.4. The fourth-order valence-corrected chi connectivity index (χ4v) is 1.35. The molecule has 1 aromatic rings. The maximum Gasteiger partial charge on any atom is 0.433 e. The zero-order chi connectivity index (χ0) is 15.0. The summed E-state index contributed by atoms with van der Waals surface area (Å²) in [4.78, 5) is 7.03. The summed E-state index contributed by atoms with van der Waals surface area (Å²) in [6.07, 6.45) is -2.57. The molecule has 0 radical (unpaired) electrons. The van der Waals surface area contributed by atoms with E-state index in [1.807, 2.05) is 12.3 Å². The molecule has 4 N–H and O–H groups in total. The van der Waals surface area contributed by atoms with Crippen molar-refractivity contribution >= 4 is 11.8 Å². The smallest absolute Gasteiger partial charge is 0.380 e. The van der Waals surface area contributed by atoms with Crippen LogP contribution in [0, 0.1) is 0 Å². The second kappa shape index (κ2) is 7.85. The molecule has 0 bridgehead atoms. The van der Waals surface area contributed by atoms with Gasteiger partial charge in [-0.05, 0) is 6.42 Å². The minimum Gasteiger partial charge on any atom is -0.380 e. The molecule has 0 saturated carbocycles. The first-order chi connectivity index (χ1) is 9.47. The van der Waals surface area contributed by atoms with Crippen LogP contribution < -0.4 is 16.6 Å². The molecule has 0 atom stereocenters. The molecule has 0 saturated heterocycles. The molecule has 0 amide bonds. The van der Waals surface area contributed by atoms with Gasteiger partial charge in [-0.1, -0.05) is 13.3 Å². The Morgan fingerprint density at radius 3 is 2.65 bits per heavy atom. The summed E-state index contributed by atoms with van der Waals surface area (Å²) in [5.74, 6) is 4.79.